The molecule has 3 unspecified atom stereocenters. The van der Waals surface area contributed by atoms with Crippen LogP contribution in [-0.4, -0.2) is 66.8 Å². The van der Waals surface area contributed by atoms with Gasteiger partial charge in [0.2, 0.25) is 0 Å². The van der Waals surface area contributed by atoms with Gasteiger partial charge in [-0.3, -0.25) is 0 Å². The van der Waals surface area contributed by atoms with Crippen LogP contribution in [0.4, 0.5) is 4.79 Å². The van der Waals surface area contributed by atoms with E-state index in [4.69, 9.17) is 4.74 Å². The molecule has 2 fully saturated rings. The summed E-state index contributed by atoms with van der Waals surface area (Å²) in [4.78, 5) is 16.9. The molecule has 0 radical (unpaired) electrons. The first kappa shape index (κ1) is 20.5. The average molecular weight is 354 g/mol. The quantitative estimate of drug-likeness (QED) is 0.822. The molecule has 0 saturated carbocycles. The fourth-order valence-electron chi connectivity index (χ4n) is 4.11. The number of carbonyl (C=O) groups excluding carboxylic acids is 1. The summed E-state index contributed by atoms with van der Waals surface area (Å²) in [6.07, 6.45) is 6.91. The topological polar surface area (TPSA) is 44.8 Å². The second-order valence-electron chi connectivity index (χ2n) is 9.14. The van der Waals surface area contributed by atoms with Gasteiger partial charge in [-0.25, -0.2) is 4.79 Å². The Hall–Kier alpha value is -0.810. The summed E-state index contributed by atoms with van der Waals surface area (Å²) in [5.41, 5.74) is -0.421. The Labute approximate surface area is 154 Å². The van der Waals surface area contributed by atoms with E-state index >= 15 is 0 Å². The smallest absolute Gasteiger partial charge is 0.410 e. The maximum absolute atomic E-state index is 12.5. The van der Waals surface area contributed by atoms with Crippen LogP contribution in [0.1, 0.15) is 66.2 Å². The number of carbonyl (C=O) groups is 1. The summed E-state index contributed by atoms with van der Waals surface area (Å²) in [5.74, 6) is 0.759. The Morgan fingerprint density at radius 3 is 2.64 bits per heavy atom. The Balaban J connectivity index is 1.80. The van der Waals surface area contributed by atoms with Gasteiger partial charge in [-0.15, -0.1) is 0 Å². The molecule has 5 nitrogen and oxygen atoms in total. The van der Waals surface area contributed by atoms with Gasteiger partial charge < -0.3 is 19.9 Å². The number of nitrogens with zero attached hydrogens (tertiary/aromatic N) is 2. The Morgan fingerprint density at radius 1 is 1.20 bits per heavy atom. The minimum absolute atomic E-state index is 0.140. The summed E-state index contributed by atoms with van der Waals surface area (Å²) in [7, 11) is 2.22. The summed E-state index contributed by atoms with van der Waals surface area (Å²) >= 11 is 0. The molecule has 2 aliphatic rings. The molecule has 0 aliphatic carbocycles. The molecule has 2 rings (SSSR count). The number of rotatable bonds is 5. The molecule has 1 N–H and O–H groups in total. The first-order valence-corrected chi connectivity index (χ1v) is 10.2. The predicted octanol–water partition coefficient (Wildman–Crippen LogP) is 3.49. The molecule has 146 valence electrons. The van der Waals surface area contributed by atoms with Gasteiger partial charge >= 0.3 is 6.09 Å². The lowest BCUT2D eigenvalue weighted by molar-refractivity contribution is 0.00783. The fraction of sp³-hybridized carbons (Fsp3) is 0.950. The van der Waals surface area contributed by atoms with E-state index in [1.807, 2.05) is 25.7 Å². The van der Waals surface area contributed by atoms with Crippen LogP contribution < -0.4 is 5.32 Å². The van der Waals surface area contributed by atoms with Crippen LogP contribution in [0.2, 0.25) is 0 Å². The number of nitrogens with one attached hydrogen (secondary N) is 1. The van der Waals surface area contributed by atoms with E-state index in [9.17, 15) is 4.79 Å². The van der Waals surface area contributed by atoms with Gasteiger partial charge in [0.1, 0.15) is 5.60 Å². The molecule has 2 saturated heterocycles. The Kier molecular flexibility index (Phi) is 7.56. The van der Waals surface area contributed by atoms with Crippen LogP contribution >= 0.6 is 0 Å². The van der Waals surface area contributed by atoms with Crippen molar-refractivity contribution in [1.82, 2.24) is 15.1 Å². The lowest BCUT2D eigenvalue weighted by Gasteiger charge is -2.38. The van der Waals surface area contributed by atoms with Crippen LogP contribution in [0.5, 0.6) is 0 Å². The van der Waals surface area contributed by atoms with Crippen molar-refractivity contribution in [3.63, 3.8) is 0 Å². The highest BCUT2D eigenvalue weighted by molar-refractivity contribution is 5.68. The highest BCUT2D eigenvalue weighted by atomic mass is 16.6. The van der Waals surface area contributed by atoms with Crippen LogP contribution in [0.15, 0.2) is 0 Å². The number of amides is 1. The molecule has 25 heavy (non-hydrogen) atoms. The summed E-state index contributed by atoms with van der Waals surface area (Å²) in [6, 6.07) is 0.736. The van der Waals surface area contributed by atoms with Gasteiger partial charge in [-0.1, -0.05) is 0 Å². The molecule has 2 aliphatic heterocycles. The maximum atomic E-state index is 12.5. The summed E-state index contributed by atoms with van der Waals surface area (Å²) < 4.78 is 5.62. The predicted molar refractivity (Wildman–Crippen MR) is 103 cm³/mol. The third kappa shape index (κ3) is 7.14. The number of hydrogen-bond acceptors (Lipinski definition) is 4. The second kappa shape index (κ2) is 9.22. The van der Waals surface area contributed by atoms with Crippen LogP contribution in [0.25, 0.3) is 0 Å². The van der Waals surface area contributed by atoms with Gasteiger partial charge in [0, 0.05) is 25.2 Å². The van der Waals surface area contributed by atoms with Crippen LogP contribution in [-0.2, 0) is 4.74 Å². The molecule has 2 heterocycles. The largest absolute Gasteiger partial charge is 0.444 e. The normalized spacial score (nSPS) is 27.2. The standard InChI is InChI=1S/C20H39N3O2/c1-16(21-14-17-9-8-11-22(5)15-17)13-18-10-6-7-12-23(18)19(24)25-20(2,3)4/h16-18,21H,6-15H2,1-5H3. The zero-order valence-corrected chi connectivity index (χ0v) is 17.0. The van der Waals surface area contributed by atoms with Crippen molar-refractivity contribution in [2.45, 2.75) is 83.9 Å². The van der Waals surface area contributed by atoms with E-state index in [2.05, 4.69) is 24.2 Å². The molecule has 3 atom stereocenters. The number of piperidine rings is 2. The van der Waals surface area contributed by atoms with E-state index in [1.54, 1.807) is 0 Å². The minimum Gasteiger partial charge on any atom is -0.444 e. The first-order chi connectivity index (χ1) is 11.7. The zero-order valence-electron chi connectivity index (χ0n) is 17.0. The molecule has 1 amide bonds. The van der Waals surface area contributed by atoms with E-state index in [-0.39, 0.29) is 6.09 Å². The Bertz CT molecular complexity index is 422. The average Bonchev–Trinajstić information content (AvgIpc) is 2.52. The second-order valence-corrected chi connectivity index (χ2v) is 9.14. The number of likely N-dealkylation sites (tertiary alicyclic amines) is 2. The summed E-state index contributed by atoms with van der Waals surface area (Å²) in [6.45, 7) is 12.4. The number of hydrogen-bond donors (Lipinski definition) is 1. The molecule has 0 spiro atoms. The highest BCUT2D eigenvalue weighted by Gasteiger charge is 2.31. The van der Waals surface area contributed by atoms with Crippen molar-refractivity contribution >= 4 is 6.09 Å². The van der Waals surface area contributed by atoms with Crippen molar-refractivity contribution in [3.05, 3.63) is 0 Å². The van der Waals surface area contributed by atoms with Crippen molar-refractivity contribution < 1.29 is 9.53 Å². The minimum atomic E-state index is -0.421. The number of ether oxygens (including phenoxy) is 1. The molecular weight excluding hydrogens is 314 g/mol. The summed E-state index contributed by atoms with van der Waals surface area (Å²) in [5, 5.41) is 3.72. The van der Waals surface area contributed by atoms with E-state index in [0.717, 1.165) is 38.3 Å². The molecule has 0 aromatic carbocycles. The molecule has 0 bridgehead atoms. The van der Waals surface area contributed by atoms with Crippen molar-refractivity contribution in [3.8, 4) is 0 Å². The van der Waals surface area contributed by atoms with Crippen molar-refractivity contribution in [1.29, 1.82) is 0 Å². The third-order valence-corrected chi connectivity index (χ3v) is 5.36. The van der Waals surface area contributed by atoms with Gasteiger partial charge in [-0.2, -0.15) is 0 Å². The lowest BCUT2D eigenvalue weighted by atomic mass is 9.95. The molecular formula is C20H39N3O2. The van der Waals surface area contributed by atoms with Gasteiger partial charge in [0.25, 0.3) is 0 Å². The van der Waals surface area contributed by atoms with E-state index in [0.29, 0.717) is 12.1 Å². The maximum Gasteiger partial charge on any atom is 0.410 e. The van der Waals surface area contributed by atoms with E-state index < -0.39 is 5.60 Å². The first-order valence-electron chi connectivity index (χ1n) is 10.2. The monoisotopic (exact) mass is 353 g/mol. The molecule has 0 aromatic rings. The highest BCUT2D eigenvalue weighted by Crippen LogP contribution is 2.24. The SMILES string of the molecule is CC(CC1CCCCN1C(=O)OC(C)(C)C)NCC1CCCN(C)C1. The van der Waals surface area contributed by atoms with Gasteiger partial charge in [0.05, 0.1) is 0 Å². The lowest BCUT2D eigenvalue weighted by Crippen LogP contribution is -2.49. The van der Waals surface area contributed by atoms with Crippen LogP contribution in [0.3, 0.4) is 0 Å². The third-order valence-electron chi connectivity index (χ3n) is 5.36. The van der Waals surface area contributed by atoms with E-state index in [1.165, 1.54) is 32.4 Å². The van der Waals surface area contributed by atoms with Crippen LogP contribution in [0, 0.1) is 5.92 Å². The Morgan fingerprint density at radius 2 is 1.96 bits per heavy atom. The van der Waals surface area contributed by atoms with Crippen molar-refractivity contribution in [2.75, 3.05) is 33.2 Å². The van der Waals surface area contributed by atoms with Crippen molar-refractivity contribution in [2.24, 2.45) is 5.92 Å². The molecule has 5 heteroatoms. The van der Waals surface area contributed by atoms with Gasteiger partial charge in [-0.05, 0) is 92.3 Å². The zero-order chi connectivity index (χ0) is 18.4. The molecule has 0 aromatic heterocycles. The fourth-order valence-corrected chi connectivity index (χ4v) is 4.11. The van der Waals surface area contributed by atoms with Gasteiger partial charge in [0.15, 0.2) is 0 Å².